The third kappa shape index (κ3) is 3.31. The first-order valence-corrected chi connectivity index (χ1v) is 7.48. The molecule has 0 amide bonds. The van der Waals surface area contributed by atoms with Crippen molar-refractivity contribution in [1.29, 1.82) is 0 Å². The Morgan fingerprint density at radius 2 is 2.20 bits per heavy atom. The third-order valence-corrected chi connectivity index (χ3v) is 3.85. The van der Waals surface area contributed by atoms with E-state index in [1.807, 2.05) is 6.92 Å². The lowest BCUT2D eigenvalue weighted by Gasteiger charge is -2.10. The second kappa shape index (κ2) is 5.97. The van der Waals surface area contributed by atoms with Crippen LogP contribution in [0.4, 0.5) is 5.69 Å². The molecule has 108 valence electrons. The number of sulfonamides is 1. The lowest BCUT2D eigenvalue weighted by molar-refractivity contribution is 0.372. The SMILES string of the molecule is CCNc1ccncc1S(=O)(=O)NCc1nc(C)no1. The summed E-state index contributed by atoms with van der Waals surface area (Å²) in [7, 11) is -3.70. The molecule has 0 aromatic carbocycles. The molecule has 2 N–H and O–H groups in total. The fraction of sp³-hybridized carbons (Fsp3) is 0.364. The van der Waals surface area contributed by atoms with Gasteiger partial charge in [0, 0.05) is 18.9 Å². The predicted molar refractivity (Wildman–Crippen MR) is 71.5 cm³/mol. The van der Waals surface area contributed by atoms with Gasteiger partial charge < -0.3 is 9.84 Å². The zero-order chi connectivity index (χ0) is 14.6. The van der Waals surface area contributed by atoms with E-state index in [9.17, 15) is 8.42 Å². The summed E-state index contributed by atoms with van der Waals surface area (Å²) in [5, 5.41) is 6.57. The average Bonchev–Trinajstić information content (AvgIpc) is 2.83. The minimum Gasteiger partial charge on any atom is -0.384 e. The Balaban J connectivity index is 2.18. The van der Waals surface area contributed by atoms with Crippen LogP contribution in [0.15, 0.2) is 27.9 Å². The Morgan fingerprint density at radius 3 is 2.85 bits per heavy atom. The summed E-state index contributed by atoms with van der Waals surface area (Å²) in [5.41, 5.74) is 0.497. The van der Waals surface area contributed by atoms with Crippen LogP contribution in [0.1, 0.15) is 18.6 Å². The number of nitrogens with one attached hydrogen (secondary N) is 2. The highest BCUT2D eigenvalue weighted by atomic mass is 32.2. The molecule has 0 aliphatic rings. The molecule has 2 heterocycles. The van der Waals surface area contributed by atoms with Crippen molar-refractivity contribution in [2.24, 2.45) is 0 Å². The molecule has 0 radical (unpaired) electrons. The zero-order valence-electron chi connectivity index (χ0n) is 11.1. The minimum atomic E-state index is -3.70. The van der Waals surface area contributed by atoms with Crippen LogP contribution in [-0.2, 0) is 16.6 Å². The number of anilines is 1. The molecule has 0 saturated heterocycles. The van der Waals surface area contributed by atoms with E-state index >= 15 is 0 Å². The summed E-state index contributed by atoms with van der Waals surface area (Å²) < 4.78 is 31.7. The fourth-order valence-electron chi connectivity index (χ4n) is 1.58. The van der Waals surface area contributed by atoms with E-state index in [0.717, 1.165) is 0 Å². The van der Waals surface area contributed by atoms with Gasteiger partial charge in [-0.3, -0.25) is 4.98 Å². The molecular formula is C11H15N5O3S. The molecule has 0 fully saturated rings. The predicted octanol–water partition coefficient (Wildman–Crippen LogP) is 0.683. The maximum absolute atomic E-state index is 12.2. The second-order valence-electron chi connectivity index (χ2n) is 3.96. The Labute approximate surface area is 116 Å². The Kier molecular flexibility index (Phi) is 4.30. The third-order valence-electron chi connectivity index (χ3n) is 2.42. The highest BCUT2D eigenvalue weighted by Gasteiger charge is 2.19. The van der Waals surface area contributed by atoms with Gasteiger partial charge >= 0.3 is 0 Å². The Bertz CT molecular complexity index is 683. The molecule has 0 aliphatic heterocycles. The first kappa shape index (κ1) is 14.4. The number of hydrogen-bond acceptors (Lipinski definition) is 7. The van der Waals surface area contributed by atoms with Crippen molar-refractivity contribution >= 4 is 15.7 Å². The fourth-order valence-corrected chi connectivity index (χ4v) is 2.68. The number of pyridine rings is 1. The standard InChI is InChI=1S/C11H15N5O3S/c1-3-13-9-4-5-12-6-10(9)20(17,18)14-7-11-15-8(2)16-19-11/h4-6,14H,3,7H2,1-2H3,(H,12,13). The Morgan fingerprint density at radius 1 is 1.40 bits per heavy atom. The maximum atomic E-state index is 12.2. The van der Waals surface area contributed by atoms with E-state index in [2.05, 4.69) is 25.2 Å². The van der Waals surface area contributed by atoms with Crippen LogP contribution in [0.3, 0.4) is 0 Å². The van der Waals surface area contributed by atoms with E-state index in [1.54, 1.807) is 13.0 Å². The van der Waals surface area contributed by atoms with Gasteiger partial charge in [-0.05, 0) is 19.9 Å². The molecule has 0 aliphatic carbocycles. The van der Waals surface area contributed by atoms with Gasteiger partial charge in [-0.15, -0.1) is 0 Å². The maximum Gasteiger partial charge on any atom is 0.244 e. The van der Waals surface area contributed by atoms with Crippen molar-refractivity contribution in [2.45, 2.75) is 25.3 Å². The van der Waals surface area contributed by atoms with Gasteiger partial charge in [0.15, 0.2) is 5.82 Å². The van der Waals surface area contributed by atoms with E-state index < -0.39 is 10.0 Å². The number of rotatable bonds is 6. The summed E-state index contributed by atoms with van der Waals surface area (Å²) in [6, 6.07) is 1.61. The van der Waals surface area contributed by atoms with Crippen LogP contribution < -0.4 is 10.0 Å². The van der Waals surface area contributed by atoms with Crippen molar-refractivity contribution in [2.75, 3.05) is 11.9 Å². The van der Waals surface area contributed by atoms with Gasteiger partial charge in [0.2, 0.25) is 15.9 Å². The molecule has 2 rings (SSSR count). The molecule has 8 nitrogen and oxygen atoms in total. The van der Waals surface area contributed by atoms with E-state index in [1.165, 1.54) is 12.4 Å². The van der Waals surface area contributed by atoms with E-state index in [0.29, 0.717) is 18.1 Å². The van der Waals surface area contributed by atoms with Crippen LogP contribution in [0.2, 0.25) is 0 Å². The van der Waals surface area contributed by atoms with Crippen LogP contribution in [-0.4, -0.2) is 30.1 Å². The summed E-state index contributed by atoms with van der Waals surface area (Å²) in [6.07, 6.45) is 2.82. The van der Waals surface area contributed by atoms with Gasteiger partial charge in [0.25, 0.3) is 0 Å². The highest BCUT2D eigenvalue weighted by molar-refractivity contribution is 7.89. The van der Waals surface area contributed by atoms with Gasteiger partial charge in [-0.2, -0.15) is 4.98 Å². The van der Waals surface area contributed by atoms with E-state index in [4.69, 9.17) is 4.52 Å². The molecular weight excluding hydrogens is 282 g/mol. The van der Waals surface area contributed by atoms with Crippen molar-refractivity contribution in [1.82, 2.24) is 19.8 Å². The largest absolute Gasteiger partial charge is 0.384 e. The first-order chi connectivity index (χ1) is 9.53. The van der Waals surface area contributed by atoms with Gasteiger partial charge in [0.1, 0.15) is 4.90 Å². The molecule has 2 aromatic rings. The smallest absolute Gasteiger partial charge is 0.244 e. The van der Waals surface area contributed by atoms with Crippen molar-refractivity contribution in [3.8, 4) is 0 Å². The molecule has 9 heteroatoms. The zero-order valence-corrected chi connectivity index (χ0v) is 11.9. The summed E-state index contributed by atoms with van der Waals surface area (Å²) in [6.45, 7) is 4.08. The lowest BCUT2D eigenvalue weighted by atomic mass is 10.4. The van der Waals surface area contributed by atoms with Crippen LogP contribution in [0.5, 0.6) is 0 Å². The van der Waals surface area contributed by atoms with Crippen molar-refractivity contribution in [3.63, 3.8) is 0 Å². The van der Waals surface area contributed by atoms with Gasteiger partial charge in [-0.1, -0.05) is 5.16 Å². The topological polar surface area (TPSA) is 110 Å². The molecule has 0 atom stereocenters. The van der Waals surface area contributed by atoms with Crippen molar-refractivity contribution < 1.29 is 12.9 Å². The minimum absolute atomic E-state index is 0.0658. The quantitative estimate of drug-likeness (QED) is 0.806. The molecule has 2 aromatic heterocycles. The lowest BCUT2D eigenvalue weighted by Crippen LogP contribution is -2.24. The normalized spacial score (nSPS) is 11.5. The van der Waals surface area contributed by atoms with Crippen LogP contribution in [0, 0.1) is 6.92 Å². The highest BCUT2D eigenvalue weighted by Crippen LogP contribution is 2.19. The average molecular weight is 297 g/mol. The van der Waals surface area contributed by atoms with Crippen LogP contribution >= 0.6 is 0 Å². The van der Waals surface area contributed by atoms with E-state index in [-0.39, 0.29) is 17.3 Å². The number of aryl methyl sites for hydroxylation is 1. The summed E-state index contributed by atoms with van der Waals surface area (Å²) >= 11 is 0. The Hall–Kier alpha value is -2.00. The molecule has 0 spiro atoms. The molecule has 0 bridgehead atoms. The summed E-state index contributed by atoms with van der Waals surface area (Å²) in [5.74, 6) is 0.661. The number of nitrogens with zero attached hydrogens (tertiary/aromatic N) is 3. The van der Waals surface area contributed by atoms with Crippen LogP contribution in [0.25, 0.3) is 0 Å². The molecule has 20 heavy (non-hydrogen) atoms. The van der Waals surface area contributed by atoms with Gasteiger partial charge in [-0.25, -0.2) is 13.1 Å². The molecule has 0 saturated carbocycles. The summed E-state index contributed by atoms with van der Waals surface area (Å²) in [4.78, 5) is 7.85. The number of hydrogen-bond donors (Lipinski definition) is 2. The second-order valence-corrected chi connectivity index (χ2v) is 5.70. The molecule has 0 unspecified atom stereocenters. The monoisotopic (exact) mass is 297 g/mol. The van der Waals surface area contributed by atoms with Crippen molar-refractivity contribution in [3.05, 3.63) is 30.2 Å². The first-order valence-electron chi connectivity index (χ1n) is 5.99. The number of aromatic nitrogens is 3. The van der Waals surface area contributed by atoms with Gasteiger partial charge in [0.05, 0.1) is 12.2 Å².